The molecule has 5 rings (SSSR count). The van der Waals surface area contributed by atoms with Gasteiger partial charge in [-0.15, -0.1) is 0 Å². The fraction of sp³-hybridized carbons (Fsp3) is 0.250. The summed E-state index contributed by atoms with van der Waals surface area (Å²) in [5.74, 6) is -1.05. The van der Waals surface area contributed by atoms with E-state index in [0.29, 0.717) is 37.4 Å². The predicted octanol–water partition coefficient (Wildman–Crippen LogP) is 3.16. The maximum absolute atomic E-state index is 14.1. The van der Waals surface area contributed by atoms with Crippen molar-refractivity contribution < 1.29 is 18.8 Å². The average molecular weight is 487 g/mol. The number of carbonyl (C=O) groups excluding carboxylic acids is 3. The first-order chi connectivity index (χ1) is 17.5. The van der Waals surface area contributed by atoms with Crippen LogP contribution < -0.4 is 10.2 Å². The van der Waals surface area contributed by atoms with Crippen LogP contribution in [-0.4, -0.2) is 60.4 Å². The number of anilines is 1. The number of benzene rings is 3. The highest BCUT2D eigenvalue weighted by molar-refractivity contribution is 6.09. The average Bonchev–Trinajstić information content (AvgIpc) is 3.15. The highest BCUT2D eigenvalue weighted by atomic mass is 19.1. The van der Waals surface area contributed by atoms with Gasteiger partial charge in [-0.05, 0) is 23.3 Å². The summed E-state index contributed by atoms with van der Waals surface area (Å²) >= 11 is 0. The smallest absolute Gasteiger partial charge is 0.325 e. The Labute approximate surface area is 209 Å². The second-order valence-electron chi connectivity index (χ2n) is 9.07. The van der Waals surface area contributed by atoms with Gasteiger partial charge in [-0.3, -0.25) is 14.5 Å². The Hall–Kier alpha value is -4.20. The third kappa shape index (κ3) is 4.42. The summed E-state index contributed by atoms with van der Waals surface area (Å²) in [6.45, 7) is 1.35. The molecule has 0 bridgehead atoms. The summed E-state index contributed by atoms with van der Waals surface area (Å²) in [5, 5.41) is 2.89. The van der Waals surface area contributed by atoms with Crippen molar-refractivity contribution >= 4 is 23.5 Å². The van der Waals surface area contributed by atoms with Crippen molar-refractivity contribution in [2.45, 2.75) is 12.0 Å². The van der Waals surface area contributed by atoms with Gasteiger partial charge in [-0.2, -0.15) is 0 Å². The number of rotatable bonds is 6. The van der Waals surface area contributed by atoms with Gasteiger partial charge in [0.2, 0.25) is 5.91 Å². The van der Waals surface area contributed by atoms with E-state index in [1.165, 1.54) is 6.07 Å². The molecule has 0 spiro atoms. The molecule has 36 heavy (non-hydrogen) atoms. The number of imide groups is 1. The summed E-state index contributed by atoms with van der Waals surface area (Å²) in [7, 11) is 0. The molecule has 184 valence electrons. The first-order valence-electron chi connectivity index (χ1n) is 12.0. The molecule has 2 fully saturated rings. The van der Waals surface area contributed by atoms with Gasteiger partial charge in [0, 0.05) is 32.6 Å². The van der Waals surface area contributed by atoms with Crippen molar-refractivity contribution in [3.63, 3.8) is 0 Å². The predicted molar refractivity (Wildman–Crippen MR) is 134 cm³/mol. The van der Waals surface area contributed by atoms with Crippen LogP contribution in [0.25, 0.3) is 0 Å². The van der Waals surface area contributed by atoms with Crippen molar-refractivity contribution in [2.24, 2.45) is 0 Å². The van der Waals surface area contributed by atoms with E-state index in [4.69, 9.17) is 0 Å². The van der Waals surface area contributed by atoms with Crippen molar-refractivity contribution in [3.8, 4) is 0 Å². The number of nitrogens with zero attached hydrogens (tertiary/aromatic N) is 3. The summed E-state index contributed by atoms with van der Waals surface area (Å²) in [6.07, 6.45) is 0.272. The Bertz CT molecular complexity index is 1260. The van der Waals surface area contributed by atoms with Crippen molar-refractivity contribution in [1.29, 1.82) is 0 Å². The summed E-state index contributed by atoms with van der Waals surface area (Å²) in [6, 6.07) is 24.6. The monoisotopic (exact) mass is 486 g/mol. The van der Waals surface area contributed by atoms with E-state index in [-0.39, 0.29) is 24.7 Å². The summed E-state index contributed by atoms with van der Waals surface area (Å²) < 4.78 is 14.1. The third-order valence-corrected chi connectivity index (χ3v) is 6.87. The van der Waals surface area contributed by atoms with Crippen molar-refractivity contribution in [1.82, 2.24) is 15.1 Å². The second kappa shape index (κ2) is 9.81. The Morgan fingerprint density at radius 1 is 0.833 bits per heavy atom. The van der Waals surface area contributed by atoms with E-state index in [1.54, 1.807) is 23.1 Å². The fourth-order valence-corrected chi connectivity index (χ4v) is 4.95. The zero-order valence-electron chi connectivity index (χ0n) is 19.8. The van der Waals surface area contributed by atoms with E-state index in [1.807, 2.05) is 65.6 Å². The minimum Gasteiger partial charge on any atom is -0.366 e. The maximum Gasteiger partial charge on any atom is 0.325 e. The molecule has 2 aliphatic rings. The Morgan fingerprint density at radius 2 is 1.44 bits per heavy atom. The Morgan fingerprint density at radius 3 is 2.11 bits per heavy atom. The molecule has 7 nitrogen and oxygen atoms in total. The summed E-state index contributed by atoms with van der Waals surface area (Å²) in [4.78, 5) is 44.4. The minimum atomic E-state index is -1.29. The van der Waals surface area contributed by atoms with Gasteiger partial charge in [-0.1, -0.05) is 72.8 Å². The molecule has 0 radical (unpaired) electrons. The van der Waals surface area contributed by atoms with E-state index in [0.717, 1.165) is 10.5 Å². The van der Waals surface area contributed by atoms with Crippen LogP contribution in [0.15, 0.2) is 84.9 Å². The molecule has 0 aliphatic carbocycles. The normalized spacial score (nSPS) is 20.0. The van der Waals surface area contributed by atoms with Gasteiger partial charge >= 0.3 is 6.03 Å². The van der Waals surface area contributed by atoms with Crippen LogP contribution in [0.2, 0.25) is 0 Å². The lowest BCUT2D eigenvalue weighted by molar-refractivity contribution is -0.139. The largest absolute Gasteiger partial charge is 0.366 e. The summed E-state index contributed by atoms with van der Waals surface area (Å²) in [5.41, 5.74) is 0.782. The molecular formula is C28H27FN4O3. The van der Waals surface area contributed by atoms with Crippen LogP contribution in [0, 0.1) is 5.82 Å². The highest BCUT2D eigenvalue weighted by Crippen LogP contribution is 2.33. The van der Waals surface area contributed by atoms with Crippen LogP contribution in [0.3, 0.4) is 0 Å². The number of piperazine rings is 1. The lowest BCUT2D eigenvalue weighted by Gasteiger charge is -2.36. The minimum absolute atomic E-state index is 0.272. The topological polar surface area (TPSA) is 73.0 Å². The van der Waals surface area contributed by atoms with Crippen LogP contribution in [0.5, 0.6) is 0 Å². The van der Waals surface area contributed by atoms with Crippen LogP contribution >= 0.6 is 0 Å². The van der Waals surface area contributed by atoms with Crippen LogP contribution in [-0.2, 0) is 21.5 Å². The quantitative estimate of drug-likeness (QED) is 0.544. The molecule has 2 heterocycles. The molecule has 4 amide bonds. The molecule has 2 saturated heterocycles. The van der Waals surface area contributed by atoms with Gasteiger partial charge in [-0.25, -0.2) is 9.18 Å². The fourth-order valence-electron chi connectivity index (χ4n) is 4.95. The third-order valence-electron chi connectivity index (χ3n) is 6.87. The lowest BCUT2D eigenvalue weighted by Crippen LogP contribution is -2.52. The second-order valence-corrected chi connectivity index (χ2v) is 9.07. The number of hydrogen-bond acceptors (Lipinski definition) is 4. The zero-order chi connectivity index (χ0) is 25.1. The standard InChI is InChI=1S/C28H27FN4O3/c29-23-13-7-8-14-24(23)31-15-17-32(18-16-31)25(34)20-33-26(35)28(30-27(33)36,22-11-5-2-6-12-22)19-21-9-3-1-4-10-21/h1-14H,15-20H2,(H,30,36)/t28-/m1/s1. The Kier molecular flexibility index (Phi) is 6.41. The number of para-hydroxylation sites is 1. The number of carbonyl (C=O) groups is 3. The number of urea groups is 1. The van der Waals surface area contributed by atoms with Gasteiger partial charge in [0.25, 0.3) is 5.91 Å². The molecule has 1 atom stereocenters. The van der Waals surface area contributed by atoms with Gasteiger partial charge in [0.05, 0.1) is 5.69 Å². The van der Waals surface area contributed by atoms with Crippen LogP contribution in [0.1, 0.15) is 11.1 Å². The Balaban J connectivity index is 1.31. The molecule has 0 aromatic heterocycles. The van der Waals surface area contributed by atoms with E-state index in [9.17, 15) is 18.8 Å². The van der Waals surface area contributed by atoms with E-state index >= 15 is 0 Å². The first-order valence-corrected chi connectivity index (χ1v) is 12.0. The lowest BCUT2D eigenvalue weighted by atomic mass is 9.83. The van der Waals surface area contributed by atoms with E-state index in [2.05, 4.69) is 5.32 Å². The number of halogens is 1. The van der Waals surface area contributed by atoms with Crippen LogP contribution in [0.4, 0.5) is 14.9 Å². The molecule has 1 N–H and O–H groups in total. The molecule has 3 aromatic rings. The van der Waals surface area contributed by atoms with Gasteiger partial charge in [0.15, 0.2) is 5.54 Å². The first kappa shape index (κ1) is 23.5. The van der Waals surface area contributed by atoms with Gasteiger partial charge < -0.3 is 15.1 Å². The zero-order valence-corrected chi connectivity index (χ0v) is 19.8. The van der Waals surface area contributed by atoms with E-state index < -0.39 is 17.5 Å². The molecule has 8 heteroatoms. The molecule has 0 saturated carbocycles. The SMILES string of the molecule is O=C(CN1C(=O)N[C@](Cc2ccccc2)(c2ccccc2)C1=O)N1CCN(c2ccccc2F)CC1. The van der Waals surface area contributed by atoms with Crippen molar-refractivity contribution in [2.75, 3.05) is 37.6 Å². The maximum atomic E-state index is 14.1. The molecule has 3 aromatic carbocycles. The van der Waals surface area contributed by atoms with Gasteiger partial charge in [0.1, 0.15) is 12.4 Å². The van der Waals surface area contributed by atoms with Crippen molar-refractivity contribution in [3.05, 3.63) is 102 Å². The number of amides is 4. The molecule has 0 unspecified atom stereocenters. The highest BCUT2D eigenvalue weighted by Gasteiger charge is 2.53. The molecule has 2 aliphatic heterocycles. The number of hydrogen-bond donors (Lipinski definition) is 1. The number of nitrogens with one attached hydrogen (secondary N) is 1. The molecular weight excluding hydrogens is 459 g/mol.